The zero-order valence-corrected chi connectivity index (χ0v) is 25.8. The summed E-state index contributed by atoms with van der Waals surface area (Å²) in [4.78, 5) is 58.6. The molecule has 10 heteroatoms. The lowest BCUT2D eigenvalue weighted by atomic mass is 9.51. The molecule has 2 heterocycles. The van der Waals surface area contributed by atoms with Gasteiger partial charge in [-0.3, -0.25) is 24.1 Å². The maximum absolute atomic E-state index is 14.4. The molecular formula is C33H25ClFIN2O5. The van der Waals surface area contributed by atoms with Crippen LogP contribution in [-0.4, -0.2) is 28.7 Å². The second kappa shape index (κ2) is 9.99. The molecule has 0 unspecified atom stereocenters. The van der Waals surface area contributed by atoms with Crippen LogP contribution in [0.2, 0.25) is 5.02 Å². The summed E-state index contributed by atoms with van der Waals surface area (Å²) in [6.07, 6.45) is 2.46. The lowest BCUT2D eigenvalue weighted by Crippen LogP contribution is -2.48. The molecule has 0 spiro atoms. The molecule has 3 aromatic carbocycles. The number of halogens is 3. The van der Waals surface area contributed by atoms with Crippen molar-refractivity contribution in [2.75, 3.05) is 9.80 Å². The number of anilines is 2. The number of hydrogen-bond donors (Lipinski definition) is 1. The third-order valence-corrected chi connectivity index (χ3v) is 10.7. The molecule has 43 heavy (non-hydrogen) atoms. The van der Waals surface area contributed by atoms with E-state index < -0.39 is 52.6 Å². The number of phenolic OH excluding ortho intramolecular Hbond substituents is 1. The molecule has 1 N–H and O–H groups in total. The summed E-state index contributed by atoms with van der Waals surface area (Å²) >= 11 is 8.21. The largest absolute Gasteiger partial charge is 0.508 e. The van der Waals surface area contributed by atoms with E-state index in [1.54, 1.807) is 37.3 Å². The SMILES string of the molecule is C[C@@]12C(=O)N(c3ccc(F)c(Cl)c3)C(=O)[C@@H]1C[C@@H]1C(=CC[C@@H]3C(=O)N(c4ccc(I)cc4)C(=O)[C@@H]31)[C@@H]2c1cccc(O)c1. The molecule has 4 amide bonds. The molecule has 2 saturated heterocycles. The minimum absolute atomic E-state index is 0.00464. The molecular weight excluding hydrogens is 686 g/mol. The number of imide groups is 2. The van der Waals surface area contributed by atoms with Gasteiger partial charge in [-0.25, -0.2) is 9.29 Å². The molecule has 0 radical (unpaired) electrons. The number of rotatable bonds is 3. The molecule has 0 bridgehead atoms. The van der Waals surface area contributed by atoms with Crippen LogP contribution < -0.4 is 9.80 Å². The lowest BCUT2D eigenvalue weighted by molar-refractivity contribution is -0.131. The molecule has 218 valence electrons. The first kappa shape index (κ1) is 28.2. The monoisotopic (exact) mass is 710 g/mol. The fourth-order valence-electron chi connectivity index (χ4n) is 7.81. The number of amides is 4. The van der Waals surface area contributed by atoms with Crippen molar-refractivity contribution in [3.8, 4) is 5.75 Å². The van der Waals surface area contributed by atoms with E-state index in [0.717, 1.165) is 20.1 Å². The smallest absolute Gasteiger partial charge is 0.241 e. The van der Waals surface area contributed by atoms with Crippen molar-refractivity contribution >= 4 is 69.2 Å². The van der Waals surface area contributed by atoms with E-state index >= 15 is 0 Å². The summed E-state index contributed by atoms with van der Waals surface area (Å²) in [5.41, 5.74) is 0.841. The van der Waals surface area contributed by atoms with E-state index in [4.69, 9.17) is 11.6 Å². The highest BCUT2D eigenvalue weighted by molar-refractivity contribution is 14.1. The normalized spacial score (nSPS) is 29.9. The zero-order valence-electron chi connectivity index (χ0n) is 22.8. The van der Waals surface area contributed by atoms with E-state index in [2.05, 4.69) is 22.6 Å². The Morgan fingerprint density at radius 3 is 2.33 bits per heavy atom. The number of allylic oxidation sites excluding steroid dienone is 2. The van der Waals surface area contributed by atoms with E-state index in [9.17, 15) is 28.7 Å². The minimum Gasteiger partial charge on any atom is -0.508 e. The van der Waals surface area contributed by atoms with Crippen molar-refractivity contribution in [2.24, 2.45) is 29.1 Å². The van der Waals surface area contributed by atoms with Gasteiger partial charge in [0.25, 0.3) is 0 Å². The van der Waals surface area contributed by atoms with Gasteiger partial charge in [0.1, 0.15) is 11.6 Å². The molecule has 3 aromatic rings. The summed E-state index contributed by atoms with van der Waals surface area (Å²) in [6, 6.07) is 17.5. The second-order valence-corrected chi connectivity index (χ2v) is 13.5. The average molecular weight is 711 g/mol. The number of fused-ring (bicyclic) bond motifs is 4. The summed E-state index contributed by atoms with van der Waals surface area (Å²) in [6.45, 7) is 1.75. The Morgan fingerprint density at radius 2 is 1.63 bits per heavy atom. The van der Waals surface area contributed by atoms with Crippen LogP contribution in [0.25, 0.3) is 0 Å². The van der Waals surface area contributed by atoms with Gasteiger partial charge in [0, 0.05) is 9.49 Å². The Hall–Kier alpha value is -3.57. The fraction of sp³-hybridized carbons (Fsp3) is 0.273. The topological polar surface area (TPSA) is 95.0 Å². The van der Waals surface area contributed by atoms with Crippen molar-refractivity contribution in [1.82, 2.24) is 0 Å². The molecule has 4 aliphatic rings. The molecule has 1 saturated carbocycles. The van der Waals surface area contributed by atoms with Crippen LogP contribution in [0.3, 0.4) is 0 Å². The van der Waals surface area contributed by atoms with Gasteiger partial charge in [0.05, 0.1) is 39.6 Å². The van der Waals surface area contributed by atoms with Crippen molar-refractivity contribution < 1.29 is 28.7 Å². The number of phenols is 1. The third kappa shape index (κ3) is 4.03. The van der Waals surface area contributed by atoms with Crippen LogP contribution in [0, 0.1) is 38.5 Å². The highest BCUT2D eigenvalue weighted by Crippen LogP contribution is 2.63. The summed E-state index contributed by atoms with van der Waals surface area (Å²) in [5, 5.41) is 10.2. The van der Waals surface area contributed by atoms with Crippen molar-refractivity contribution in [1.29, 1.82) is 0 Å². The van der Waals surface area contributed by atoms with Gasteiger partial charge in [0.2, 0.25) is 23.6 Å². The van der Waals surface area contributed by atoms with Gasteiger partial charge >= 0.3 is 0 Å². The van der Waals surface area contributed by atoms with Crippen LogP contribution in [0.5, 0.6) is 5.75 Å². The molecule has 0 aromatic heterocycles. The summed E-state index contributed by atoms with van der Waals surface area (Å²) in [7, 11) is 0. The third-order valence-electron chi connectivity index (χ3n) is 9.72. The first-order chi connectivity index (χ1) is 20.5. The number of carbonyl (C=O) groups is 4. The Bertz CT molecular complexity index is 1780. The number of nitrogens with zero attached hydrogens (tertiary/aromatic N) is 2. The summed E-state index contributed by atoms with van der Waals surface area (Å²) < 4.78 is 15.0. The van der Waals surface area contributed by atoms with Crippen molar-refractivity contribution in [3.05, 3.63) is 98.4 Å². The van der Waals surface area contributed by atoms with Gasteiger partial charge < -0.3 is 5.11 Å². The Kier molecular flexibility index (Phi) is 6.55. The molecule has 3 fully saturated rings. The van der Waals surface area contributed by atoms with Crippen LogP contribution in [0.1, 0.15) is 31.2 Å². The average Bonchev–Trinajstić information content (AvgIpc) is 3.34. The minimum atomic E-state index is -1.28. The molecule has 7 rings (SSSR count). The van der Waals surface area contributed by atoms with E-state index in [1.165, 1.54) is 23.1 Å². The maximum Gasteiger partial charge on any atom is 0.241 e. The summed E-state index contributed by atoms with van der Waals surface area (Å²) in [5.74, 6) is -5.45. The molecule has 7 nitrogen and oxygen atoms in total. The molecule has 6 atom stereocenters. The van der Waals surface area contributed by atoms with E-state index in [-0.39, 0.29) is 34.7 Å². The number of aromatic hydroxyl groups is 1. The quantitative estimate of drug-likeness (QED) is 0.198. The van der Waals surface area contributed by atoms with Crippen LogP contribution in [0.15, 0.2) is 78.4 Å². The van der Waals surface area contributed by atoms with Crippen molar-refractivity contribution in [3.63, 3.8) is 0 Å². The second-order valence-electron chi connectivity index (χ2n) is 11.8. The maximum atomic E-state index is 14.4. The Labute approximate surface area is 265 Å². The fourth-order valence-corrected chi connectivity index (χ4v) is 8.35. The molecule has 2 aliphatic carbocycles. The van der Waals surface area contributed by atoms with Crippen LogP contribution in [0.4, 0.5) is 15.8 Å². The predicted octanol–water partition coefficient (Wildman–Crippen LogP) is 6.22. The van der Waals surface area contributed by atoms with Crippen LogP contribution in [-0.2, 0) is 19.2 Å². The van der Waals surface area contributed by atoms with Crippen LogP contribution >= 0.6 is 34.2 Å². The Morgan fingerprint density at radius 1 is 0.907 bits per heavy atom. The highest BCUT2D eigenvalue weighted by Gasteiger charge is 2.67. The lowest BCUT2D eigenvalue weighted by Gasteiger charge is -2.49. The van der Waals surface area contributed by atoms with Gasteiger partial charge in [-0.15, -0.1) is 0 Å². The van der Waals surface area contributed by atoms with E-state index in [0.29, 0.717) is 17.7 Å². The van der Waals surface area contributed by atoms with E-state index in [1.807, 2.05) is 18.2 Å². The van der Waals surface area contributed by atoms with Gasteiger partial charge in [-0.2, -0.15) is 0 Å². The van der Waals surface area contributed by atoms with Gasteiger partial charge in [0.15, 0.2) is 0 Å². The zero-order chi connectivity index (χ0) is 30.4. The molecule has 2 aliphatic heterocycles. The Balaban J connectivity index is 1.36. The first-order valence-corrected chi connectivity index (χ1v) is 15.4. The van der Waals surface area contributed by atoms with Crippen molar-refractivity contribution in [2.45, 2.75) is 25.7 Å². The number of hydrogen-bond acceptors (Lipinski definition) is 5. The standard InChI is InChI=1S/C33H25ClFIN2O5/c1-33-24(30(41)38(32(33)43)19-9-12-26(35)25(34)14-19)15-23-21(28(33)16-3-2-4-20(39)13-16)10-11-22-27(23)31(42)37(29(22)40)18-7-5-17(36)6-8-18/h2-10,12-14,22-24,27-28,39H,11,15H2,1H3/t22-,23+,24-,27-,28-,33+/m0/s1. The first-order valence-electron chi connectivity index (χ1n) is 14.0. The highest BCUT2D eigenvalue weighted by atomic mass is 127. The predicted molar refractivity (Wildman–Crippen MR) is 166 cm³/mol. The van der Waals surface area contributed by atoms with Gasteiger partial charge in [-0.1, -0.05) is 35.4 Å². The number of carbonyl (C=O) groups excluding carboxylic acids is 4. The van der Waals surface area contributed by atoms with Gasteiger partial charge in [-0.05, 0) is 108 Å². The number of benzene rings is 3.